The maximum absolute atomic E-state index is 12.2. The third-order valence-corrected chi connectivity index (χ3v) is 4.89. The van der Waals surface area contributed by atoms with Crippen LogP contribution in [0.25, 0.3) is 11.0 Å². The van der Waals surface area contributed by atoms with E-state index in [4.69, 9.17) is 4.74 Å². The number of fused-ring (bicyclic) bond motifs is 1. The van der Waals surface area contributed by atoms with Crippen molar-refractivity contribution in [2.24, 2.45) is 7.05 Å². The summed E-state index contributed by atoms with van der Waals surface area (Å²) in [7, 11) is 1.97. The molecule has 0 radical (unpaired) electrons. The maximum atomic E-state index is 12.2. The fourth-order valence-electron chi connectivity index (χ4n) is 2.55. The quantitative estimate of drug-likeness (QED) is 0.397. The number of nitrogens with one attached hydrogen (secondary N) is 2. The molecule has 0 spiro atoms. The minimum Gasteiger partial charge on any atom is -0.462 e. The van der Waals surface area contributed by atoms with E-state index in [1.54, 1.807) is 31.2 Å². The molecule has 3 aromatic rings. The molecule has 0 aliphatic heterocycles. The molecule has 3 rings (SSSR count). The predicted molar refractivity (Wildman–Crippen MR) is 101 cm³/mol. The van der Waals surface area contributed by atoms with Crippen LogP contribution in [0.5, 0.6) is 0 Å². The van der Waals surface area contributed by atoms with E-state index in [2.05, 4.69) is 10.3 Å². The highest BCUT2D eigenvalue weighted by Crippen LogP contribution is 2.18. The van der Waals surface area contributed by atoms with Crippen LogP contribution in [-0.4, -0.2) is 29.2 Å². The molecule has 0 atom stereocenters. The number of aromatic amines is 1. The van der Waals surface area contributed by atoms with Crippen LogP contribution >= 0.6 is 11.8 Å². The van der Waals surface area contributed by atoms with Crippen molar-refractivity contribution in [3.8, 4) is 0 Å². The number of rotatable bonds is 6. The molecule has 6 nitrogen and oxygen atoms in total. The summed E-state index contributed by atoms with van der Waals surface area (Å²) in [5.74, 6) is -0.204. The summed E-state index contributed by atoms with van der Waals surface area (Å²) in [4.78, 5) is 27.1. The number of para-hydroxylation sites is 2. The van der Waals surface area contributed by atoms with Crippen LogP contribution in [0.4, 0.5) is 5.69 Å². The number of amides is 1. The molecule has 0 aliphatic carbocycles. The number of carbonyl (C=O) groups is 2. The van der Waals surface area contributed by atoms with E-state index in [1.807, 2.05) is 35.9 Å². The number of anilines is 1. The molecule has 0 fully saturated rings. The third kappa shape index (κ3) is 4.05. The van der Waals surface area contributed by atoms with E-state index >= 15 is 0 Å². The molecule has 0 unspecified atom stereocenters. The first-order valence-corrected chi connectivity index (χ1v) is 9.23. The Hall–Kier alpha value is -2.80. The maximum Gasteiger partial charge on any atom is 0.338 e. The van der Waals surface area contributed by atoms with Gasteiger partial charge in [0.2, 0.25) is 5.91 Å². The first-order valence-electron chi connectivity index (χ1n) is 8.25. The zero-order valence-electron chi connectivity index (χ0n) is 14.6. The second-order valence-electron chi connectivity index (χ2n) is 5.64. The number of thioether (sulfide) groups is 1. The Morgan fingerprint density at radius 2 is 1.88 bits per heavy atom. The first-order chi connectivity index (χ1) is 12.6. The van der Waals surface area contributed by atoms with Crippen molar-refractivity contribution in [1.29, 1.82) is 0 Å². The fourth-order valence-corrected chi connectivity index (χ4v) is 3.36. The minimum atomic E-state index is -0.368. The van der Waals surface area contributed by atoms with Gasteiger partial charge in [-0.1, -0.05) is 12.1 Å². The minimum absolute atomic E-state index is 0.113. The molecule has 1 heterocycles. The number of H-pyrrole nitrogens is 1. The number of hydrogen-bond acceptors (Lipinski definition) is 4. The van der Waals surface area contributed by atoms with Crippen molar-refractivity contribution in [2.75, 3.05) is 17.7 Å². The summed E-state index contributed by atoms with van der Waals surface area (Å²) in [6.07, 6.45) is 0. The normalized spacial score (nSPS) is 10.7. The zero-order valence-corrected chi connectivity index (χ0v) is 15.4. The number of esters is 1. The Morgan fingerprint density at radius 3 is 2.58 bits per heavy atom. The van der Waals surface area contributed by atoms with Gasteiger partial charge in [0.1, 0.15) is 0 Å². The van der Waals surface area contributed by atoms with Gasteiger partial charge < -0.3 is 10.1 Å². The van der Waals surface area contributed by atoms with E-state index in [1.165, 1.54) is 11.8 Å². The average molecular weight is 370 g/mol. The van der Waals surface area contributed by atoms with Crippen LogP contribution in [0, 0.1) is 0 Å². The number of aromatic nitrogens is 2. The van der Waals surface area contributed by atoms with Gasteiger partial charge in [0.25, 0.3) is 0 Å². The molecule has 0 bridgehead atoms. The van der Waals surface area contributed by atoms with Gasteiger partial charge in [-0.25, -0.2) is 14.3 Å². The number of aryl methyl sites for hydroxylation is 1. The predicted octanol–water partition coefficient (Wildman–Crippen LogP) is 2.90. The SMILES string of the molecule is CCOC(=O)c1ccc(NC(=O)CSc2[nH]c3ccccc3[n+]2C)cc1. The highest BCUT2D eigenvalue weighted by molar-refractivity contribution is 7.99. The van der Waals surface area contributed by atoms with E-state index in [9.17, 15) is 9.59 Å². The lowest BCUT2D eigenvalue weighted by Gasteiger charge is -2.05. The zero-order chi connectivity index (χ0) is 18.5. The number of hydrogen-bond donors (Lipinski definition) is 2. The number of ether oxygens (including phenoxy) is 1. The average Bonchev–Trinajstić information content (AvgIpc) is 2.97. The molecule has 0 aliphatic rings. The Kier molecular flexibility index (Phi) is 5.58. The van der Waals surface area contributed by atoms with Crippen molar-refractivity contribution >= 4 is 40.4 Å². The number of nitrogens with zero attached hydrogens (tertiary/aromatic N) is 1. The standard InChI is InChI=1S/C19H19N3O3S/c1-3-25-18(24)13-8-10-14(11-9-13)20-17(23)12-26-19-21-15-6-4-5-7-16(15)22(19)2/h4-11H,3,12H2,1-2H3,(H,20,23,24)/p+1. The van der Waals surface area contributed by atoms with Crippen LogP contribution in [0.15, 0.2) is 53.7 Å². The van der Waals surface area contributed by atoms with Gasteiger partial charge in [0.15, 0.2) is 11.0 Å². The molecule has 2 aromatic carbocycles. The molecule has 1 aromatic heterocycles. The molecule has 0 saturated carbocycles. The molecule has 2 N–H and O–H groups in total. The first kappa shape index (κ1) is 18.0. The topological polar surface area (TPSA) is 75.1 Å². The highest BCUT2D eigenvalue weighted by atomic mass is 32.2. The monoisotopic (exact) mass is 370 g/mol. The molecule has 7 heteroatoms. The summed E-state index contributed by atoms with van der Waals surface area (Å²) >= 11 is 1.44. The summed E-state index contributed by atoms with van der Waals surface area (Å²) in [5.41, 5.74) is 3.23. The van der Waals surface area contributed by atoms with Crippen LogP contribution in [0.3, 0.4) is 0 Å². The van der Waals surface area contributed by atoms with Crippen molar-refractivity contribution in [3.63, 3.8) is 0 Å². The lowest BCUT2D eigenvalue weighted by molar-refractivity contribution is -0.683. The van der Waals surface area contributed by atoms with Crippen LogP contribution < -0.4 is 9.88 Å². The Morgan fingerprint density at radius 1 is 1.15 bits per heavy atom. The fraction of sp³-hybridized carbons (Fsp3) is 0.211. The van der Waals surface area contributed by atoms with Gasteiger partial charge in [-0.15, -0.1) is 0 Å². The summed E-state index contributed by atoms with van der Waals surface area (Å²) in [6.45, 7) is 2.09. The van der Waals surface area contributed by atoms with Crippen molar-refractivity contribution in [1.82, 2.24) is 4.98 Å². The van der Waals surface area contributed by atoms with Crippen molar-refractivity contribution in [3.05, 3.63) is 54.1 Å². The molecular weight excluding hydrogens is 350 g/mol. The largest absolute Gasteiger partial charge is 0.462 e. The van der Waals surface area contributed by atoms with Gasteiger partial charge in [-0.3, -0.25) is 4.79 Å². The lowest BCUT2D eigenvalue weighted by atomic mass is 10.2. The molecule has 0 saturated heterocycles. The van der Waals surface area contributed by atoms with Gasteiger partial charge in [0, 0.05) is 5.69 Å². The third-order valence-electron chi connectivity index (χ3n) is 3.83. The van der Waals surface area contributed by atoms with E-state index in [0.29, 0.717) is 17.9 Å². The summed E-state index contributed by atoms with van der Waals surface area (Å²) in [5, 5.41) is 3.74. The Labute approximate surface area is 155 Å². The summed E-state index contributed by atoms with van der Waals surface area (Å²) < 4.78 is 6.97. The molecule has 1 amide bonds. The Bertz CT molecular complexity index is 935. The van der Waals surface area contributed by atoms with E-state index in [0.717, 1.165) is 16.2 Å². The summed E-state index contributed by atoms with van der Waals surface area (Å²) in [6, 6.07) is 14.6. The number of imidazole rings is 1. The second kappa shape index (κ2) is 8.05. The van der Waals surface area contributed by atoms with Gasteiger partial charge in [-0.05, 0) is 55.1 Å². The van der Waals surface area contributed by atoms with Gasteiger partial charge in [0.05, 0.1) is 25.0 Å². The molecular formula is C19H20N3O3S+. The molecule has 26 heavy (non-hydrogen) atoms. The van der Waals surface area contributed by atoms with Crippen molar-refractivity contribution < 1.29 is 18.9 Å². The van der Waals surface area contributed by atoms with Crippen LogP contribution in [-0.2, 0) is 16.6 Å². The van der Waals surface area contributed by atoms with E-state index < -0.39 is 0 Å². The smallest absolute Gasteiger partial charge is 0.338 e. The molecule has 134 valence electrons. The van der Waals surface area contributed by atoms with Crippen molar-refractivity contribution in [2.45, 2.75) is 12.1 Å². The highest BCUT2D eigenvalue weighted by Gasteiger charge is 2.17. The van der Waals surface area contributed by atoms with Crippen LogP contribution in [0.1, 0.15) is 17.3 Å². The number of benzene rings is 2. The van der Waals surface area contributed by atoms with Gasteiger partial charge >= 0.3 is 11.1 Å². The van der Waals surface area contributed by atoms with Gasteiger partial charge in [-0.2, -0.15) is 0 Å². The second-order valence-corrected chi connectivity index (χ2v) is 6.61. The lowest BCUT2D eigenvalue weighted by Crippen LogP contribution is -2.29. The van der Waals surface area contributed by atoms with E-state index in [-0.39, 0.29) is 17.6 Å². The number of carbonyl (C=O) groups excluding carboxylic acids is 2. The Balaban J connectivity index is 1.58. The van der Waals surface area contributed by atoms with Crippen LogP contribution in [0.2, 0.25) is 0 Å².